The van der Waals surface area contributed by atoms with Gasteiger partial charge in [-0.25, -0.2) is 0 Å². The second kappa shape index (κ2) is 7.66. The van der Waals surface area contributed by atoms with Gasteiger partial charge >= 0.3 is 6.18 Å². The molecule has 0 aromatic heterocycles. The molecule has 2 aliphatic heterocycles. The molecule has 5 nitrogen and oxygen atoms in total. The molecule has 170 valence electrons. The van der Waals surface area contributed by atoms with Gasteiger partial charge in [0.1, 0.15) is 12.2 Å². The lowest BCUT2D eigenvalue weighted by Crippen LogP contribution is -2.68. The Morgan fingerprint density at radius 1 is 1.35 bits per heavy atom. The van der Waals surface area contributed by atoms with Gasteiger partial charge in [-0.1, -0.05) is 6.07 Å². The summed E-state index contributed by atoms with van der Waals surface area (Å²) in [6.45, 7) is 2.29. The molecule has 2 unspecified atom stereocenters. The van der Waals surface area contributed by atoms with Crippen molar-refractivity contribution >= 4 is 5.91 Å². The van der Waals surface area contributed by atoms with Gasteiger partial charge in [0.05, 0.1) is 25.9 Å². The Morgan fingerprint density at radius 3 is 2.87 bits per heavy atom. The molecule has 2 heterocycles. The number of rotatable bonds is 5. The van der Waals surface area contributed by atoms with Crippen LogP contribution in [0.4, 0.5) is 13.2 Å². The first-order chi connectivity index (χ1) is 14.8. The Balaban J connectivity index is 1.44. The fourth-order valence-electron chi connectivity index (χ4n) is 6.01. The van der Waals surface area contributed by atoms with E-state index in [0.29, 0.717) is 6.42 Å². The zero-order valence-electron chi connectivity index (χ0n) is 17.7. The molecule has 2 saturated heterocycles. The molecular weight excluding hydrogens is 409 g/mol. The smallest absolute Gasteiger partial charge is 0.397 e. The molecule has 1 saturated carbocycles. The number of nitrogens with one attached hydrogen (secondary N) is 1. The number of nitrogens with zero attached hydrogens (tertiary/aromatic N) is 1. The highest BCUT2D eigenvalue weighted by molar-refractivity contribution is 5.77. The third-order valence-corrected chi connectivity index (χ3v) is 7.49. The van der Waals surface area contributed by atoms with Crippen LogP contribution in [0.3, 0.4) is 0 Å². The summed E-state index contributed by atoms with van der Waals surface area (Å²) in [5, 5.41) is 2.59. The van der Waals surface area contributed by atoms with E-state index in [1.165, 1.54) is 24.0 Å². The summed E-state index contributed by atoms with van der Waals surface area (Å²) < 4.78 is 49.8. The van der Waals surface area contributed by atoms with E-state index in [9.17, 15) is 18.0 Å². The van der Waals surface area contributed by atoms with Crippen molar-refractivity contribution in [3.05, 3.63) is 29.3 Å². The highest BCUT2D eigenvalue weighted by atomic mass is 19.4. The van der Waals surface area contributed by atoms with Crippen molar-refractivity contribution in [2.75, 3.05) is 26.8 Å². The molecule has 4 aliphatic rings. The van der Waals surface area contributed by atoms with Gasteiger partial charge in [0.15, 0.2) is 0 Å². The fraction of sp³-hybridized carbons (Fsp3) is 0.696. The highest BCUT2D eigenvalue weighted by Gasteiger charge is 2.57. The summed E-state index contributed by atoms with van der Waals surface area (Å²) in [6.07, 6.45) is -1.03. The minimum absolute atomic E-state index is 0.0182. The van der Waals surface area contributed by atoms with Crippen LogP contribution in [0.15, 0.2) is 18.2 Å². The lowest BCUT2D eigenvalue weighted by atomic mass is 9.58. The van der Waals surface area contributed by atoms with Crippen LogP contribution in [0.25, 0.3) is 0 Å². The van der Waals surface area contributed by atoms with Crippen LogP contribution in [0, 0.1) is 5.92 Å². The number of fused-ring (bicyclic) bond motifs is 1. The molecule has 1 amide bonds. The molecule has 1 aromatic rings. The number of alkyl halides is 3. The van der Waals surface area contributed by atoms with Crippen LogP contribution in [0.1, 0.15) is 43.2 Å². The number of halogens is 3. The van der Waals surface area contributed by atoms with E-state index in [0.717, 1.165) is 37.6 Å². The number of amides is 1. The van der Waals surface area contributed by atoms with Crippen molar-refractivity contribution in [2.24, 2.45) is 5.92 Å². The first-order valence-electron chi connectivity index (χ1n) is 11.2. The van der Waals surface area contributed by atoms with Gasteiger partial charge in [0.2, 0.25) is 5.91 Å². The number of hydrogen-bond donors (Lipinski definition) is 1. The summed E-state index contributed by atoms with van der Waals surface area (Å²) in [5.74, 6) is 0.567. The molecule has 1 N–H and O–H groups in total. The van der Waals surface area contributed by atoms with E-state index in [1.807, 2.05) is 6.07 Å². The highest BCUT2D eigenvalue weighted by Crippen LogP contribution is 2.52. The van der Waals surface area contributed by atoms with E-state index in [2.05, 4.69) is 22.3 Å². The van der Waals surface area contributed by atoms with Crippen LogP contribution in [0.5, 0.6) is 5.75 Å². The van der Waals surface area contributed by atoms with Gasteiger partial charge in [-0.05, 0) is 67.8 Å². The predicted octanol–water partition coefficient (Wildman–Crippen LogP) is 3.20. The lowest BCUT2D eigenvalue weighted by Gasteiger charge is -2.59. The Bertz CT molecular complexity index is 857. The maximum atomic E-state index is 12.7. The van der Waals surface area contributed by atoms with Gasteiger partial charge in [-0.3, -0.25) is 9.69 Å². The van der Waals surface area contributed by atoms with Crippen LogP contribution in [0.2, 0.25) is 0 Å². The Kier molecular flexibility index (Phi) is 5.20. The Morgan fingerprint density at radius 2 is 2.16 bits per heavy atom. The largest absolute Gasteiger partial charge is 0.497 e. The second-order valence-electron chi connectivity index (χ2n) is 9.65. The van der Waals surface area contributed by atoms with E-state index < -0.39 is 24.5 Å². The summed E-state index contributed by atoms with van der Waals surface area (Å²) in [6, 6.07) is 5.99. The monoisotopic (exact) mass is 438 g/mol. The van der Waals surface area contributed by atoms with Gasteiger partial charge in [0, 0.05) is 18.0 Å². The topological polar surface area (TPSA) is 50.8 Å². The van der Waals surface area contributed by atoms with E-state index >= 15 is 0 Å². The SMILES string of the molecule is COc1ccc2c(c1)[C@]13CCN(CC4CC4)[C@H](C2)C1OCC(NC(=O)CC(F)(F)F)C3. The lowest BCUT2D eigenvalue weighted by molar-refractivity contribution is -0.159. The standard InChI is InChI=1S/C23H29F3N2O3/c1-30-17-5-4-15-8-19-21-22(18(15)9-17,6-7-28(19)12-14-2-3-14)10-16(13-31-21)27-20(29)11-23(24,25)26/h4-5,9,14,16,19,21H,2-3,6-8,10-13H2,1H3,(H,27,29)/t16?,19-,21?,22-/m1/s1. The molecule has 0 spiro atoms. The molecule has 1 aromatic carbocycles. The number of benzene rings is 1. The average Bonchev–Trinajstić information content (AvgIpc) is 3.52. The van der Waals surface area contributed by atoms with E-state index in [4.69, 9.17) is 9.47 Å². The van der Waals surface area contributed by atoms with Crippen LogP contribution in [-0.2, 0) is 21.4 Å². The maximum absolute atomic E-state index is 12.7. The minimum atomic E-state index is -4.51. The zero-order chi connectivity index (χ0) is 21.8. The van der Waals surface area contributed by atoms with Gasteiger partial charge in [0.25, 0.3) is 0 Å². The number of likely N-dealkylation sites (tertiary alicyclic amines) is 1. The molecule has 31 heavy (non-hydrogen) atoms. The Labute approximate surface area is 180 Å². The van der Waals surface area contributed by atoms with Crippen LogP contribution < -0.4 is 10.1 Å². The number of methoxy groups -OCH3 is 1. The van der Waals surface area contributed by atoms with Crippen molar-refractivity contribution in [1.29, 1.82) is 0 Å². The molecule has 2 bridgehead atoms. The molecular formula is C23H29F3N2O3. The quantitative estimate of drug-likeness (QED) is 0.767. The maximum Gasteiger partial charge on any atom is 0.397 e. The summed E-state index contributed by atoms with van der Waals surface area (Å²) in [5.41, 5.74) is 2.11. The summed E-state index contributed by atoms with van der Waals surface area (Å²) >= 11 is 0. The zero-order valence-corrected chi connectivity index (χ0v) is 17.7. The molecule has 8 heteroatoms. The van der Waals surface area contributed by atoms with Crippen LogP contribution >= 0.6 is 0 Å². The van der Waals surface area contributed by atoms with Crippen molar-refractivity contribution in [2.45, 2.75) is 68.3 Å². The Hall–Kier alpha value is -1.80. The van der Waals surface area contributed by atoms with Gasteiger partial charge < -0.3 is 14.8 Å². The number of carbonyl (C=O) groups excluding carboxylic acids is 1. The average molecular weight is 438 g/mol. The van der Waals surface area contributed by atoms with Crippen LogP contribution in [-0.4, -0.2) is 62.0 Å². The molecule has 0 radical (unpaired) electrons. The summed E-state index contributed by atoms with van der Waals surface area (Å²) in [4.78, 5) is 14.5. The van der Waals surface area contributed by atoms with E-state index in [-0.39, 0.29) is 24.2 Å². The minimum Gasteiger partial charge on any atom is -0.497 e. The van der Waals surface area contributed by atoms with E-state index in [1.54, 1.807) is 7.11 Å². The molecule has 5 rings (SSSR count). The fourth-order valence-corrected chi connectivity index (χ4v) is 6.01. The van der Waals surface area contributed by atoms with Gasteiger partial charge in [-0.15, -0.1) is 0 Å². The van der Waals surface area contributed by atoms with Crippen molar-refractivity contribution in [3.63, 3.8) is 0 Å². The van der Waals surface area contributed by atoms with Gasteiger partial charge in [-0.2, -0.15) is 13.2 Å². The predicted molar refractivity (Wildman–Crippen MR) is 108 cm³/mol. The number of hydrogen-bond acceptors (Lipinski definition) is 4. The molecule has 2 aliphatic carbocycles. The number of carbonyl (C=O) groups is 1. The number of piperidine rings is 1. The first kappa shape index (κ1) is 21.1. The van der Waals surface area contributed by atoms with Crippen molar-refractivity contribution in [1.82, 2.24) is 10.2 Å². The first-order valence-corrected chi connectivity index (χ1v) is 11.2. The third kappa shape index (κ3) is 4.04. The van der Waals surface area contributed by atoms with Crippen molar-refractivity contribution in [3.8, 4) is 5.75 Å². The number of ether oxygens (including phenoxy) is 2. The third-order valence-electron chi connectivity index (χ3n) is 7.49. The van der Waals surface area contributed by atoms with Crippen molar-refractivity contribution < 1.29 is 27.4 Å². The molecule has 3 fully saturated rings. The summed E-state index contributed by atoms with van der Waals surface area (Å²) in [7, 11) is 1.64. The normalized spacial score (nSPS) is 32.7. The molecule has 4 atom stereocenters. The second-order valence-corrected chi connectivity index (χ2v) is 9.65.